The minimum Gasteiger partial charge on any atom is -0.485 e. The minimum absolute atomic E-state index is 0.0927. The summed E-state index contributed by atoms with van der Waals surface area (Å²) >= 11 is 0. The number of ether oxygens (including phenoxy) is 3. The molecule has 0 fully saturated rings. The maximum absolute atomic E-state index is 13.5. The topological polar surface area (TPSA) is 61.8 Å². The fraction of sp³-hybridized carbons (Fsp3) is 0.455. The van der Waals surface area contributed by atoms with Crippen LogP contribution in [0.2, 0.25) is 0 Å². The number of halogens is 3. The average molecular weight is 331 g/mol. The highest BCUT2D eigenvalue weighted by molar-refractivity contribution is 8.13. The van der Waals surface area contributed by atoms with Crippen LogP contribution in [0.5, 0.6) is 5.75 Å². The average Bonchev–Trinajstić information content (AvgIpc) is 2.34. The molecule has 0 aliphatic heterocycles. The maximum Gasteiger partial charge on any atom is 0.261 e. The van der Waals surface area contributed by atoms with Crippen molar-refractivity contribution in [3.05, 3.63) is 23.8 Å². The molecule has 9 heteroatoms. The van der Waals surface area contributed by atoms with Crippen LogP contribution < -0.4 is 4.74 Å². The molecule has 0 unspecified atom stereocenters. The van der Waals surface area contributed by atoms with E-state index in [9.17, 15) is 17.2 Å². The zero-order valence-electron chi connectivity index (χ0n) is 10.6. The van der Waals surface area contributed by atoms with Gasteiger partial charge in [0.15, 0.2) is 17.4 Å². The Morgan fingerprint density at radius 1 is 1.10 bits per heavy atom. The van der Waals surface area contributed by atoms with E-state index >= 15 is 0 Å². The van der Waals surface area contributed by atoms with E-state index in [1.165, 1.54) is 7.11 Å². The lowest BCUT2D eigenvalue weighted by Crippen LogP contribution is -2.11. The first kappa shape index (κ1) is 17.1. The summed E-state index contributed by atoms with van der Waals surface area (Å²) in [7, 11) is 2.31. The van der Waals surface area contributed by atoms with Gasteiger partial charge in [-0.3, -0.25) is 0 Å². The third-order valence-electron chi connectivity index (χ3n) is 2.16. The van der Waals surface area contributed by atoms with Crippen LogP contribution in [0.3, 0.4) is 0 Å². The molecule has 0 amide bonds. The Kier molecular flexibility index (Phi) is 6.60. The van der Waals surface area contributed by atoms with E-state index in [1.54, 1.807) is 0 Å². The first-order valence-corrected chi connectivity index (χ1v) is 7.80. The number of hydrogen-bond donors (Lipinski definition) is 0. The van der Waals surface area contributed by atoms with Crippen molar-refractivity contribution in [3.63, 3.8) is 0 Å². The van der Waals surface area contributed by atoms with Gasteiger partial charge in [-0.25, -0.2) is 17.2 Å². The van der Waals surface area contributed by atoms with Crippen LogP contribution in [0.1, 0.15) is 0 Å². The van der Waals surface area contributed by atoms with E-state index in [1.807, 2.05) is 0 Å². The SMILES string of the molecule is COCCOCCOc1c(F)cc(S(=O)(=O)Cl)cc1F. The van der Waals surface area contributed by atoms with Crippen LogP contribution in [0.4, 0.5) is 8.78 Å². The van der Waals surface area contributed by atoms with E-state index in [0.29, 0.717) is 25.3 Å². The van der Waals surface area contributed by atoms with Crippen LogP contribution >= 0.6 is 10.7 Å². The van der Waals surface area contributed by atoms with Crippen molar-refractivity contribution in [2.75, 3.05) is 33.5 Å². The second-order valence-corrected chi connectivity index (χ2v) is 6.17. The molecule has 1 aromatic rings. The Bertz CT molecular complexity index is 527. The third kappa shape index (κ3) is 5.20. The first-order valence-electron chi connectivity index (χ1n) is 5.49. The molecule has 1 rings (SSSR count). The van der Waals surface area contributed by atoms with Gasteiger partial charge in [0, 0.05) is 17.8 Å². The first-order chi connectivity index (χ1) is 9.36. The van der Waals surface area contributed by atoms with Crippen molar-refractivity contribution < 1.29 is 31.4 Å². The van der Waals surface area contributed by atoms with Gasteiger partial charge in [0.05, 0.1) is 24.7 Å². The van der Waals surface area contributed by atoms with Gasteiger partial charge in [0.2, 0.25) is 0 Å². The quantitative estimate of drug-likeness (QED) is 0.538. The van der Waals surface area contributed by atoms with Crippen LogP contribution in [-0.4, -0.2) is 42.0 Å². The molecule has 0 bridgehead atoms. The van der Waals surface area contributed by atoms with E-state index in [2.05, 4.69) is 0 Å². The highest BCUT2D eigenvalue weighted by Gasteiger charge is 2.18. The predicted molar refractivity (Wildman–Crippen MR) is 67.6 cm³/mol. The van der Waals surface area contributed by atoms with Gasteiger partial charge in [-0.1, -0.05) is 0 Å². The summed E-state index contributed by atoms with van der Waals surface area (Å²) in [6.45, 7) is 0.738. The Balaban J connectivity index is 2.63. The van der Waals surface area contributed by atoms with Gasteiger partial charge < -0.3 is 14.2 Å². The predicted octanol–water partition coefficient (Wildman–Crippen LogP) is 1.93. The minimum atomic E-state index is -4.20. The fourth-order valence-electron chi connectivity index (χ4n) is 1.26. The second-order valence-electron chi connectivity index (χ2n) is 3.61. The molecule has 0 saturated heterocycles. The fourth-order valence-corrected chi connectivity index (χ4v) is 2.02. The Labute approximate surface area is 119 Å². The summed E-state index contributed by atoms with van der Waals surface area (Å²) in [4.78, 5) is -0.669. The molecule has 0 aliphatic rings. The second kappa shape index (κ2) is 7.72. The van der Waals surface area contributed by atoms with E-state index in [0.717, 1.165) is 0 Å². The molecular formula is C11H13ClF2O5S. The van der Waals surface area contributed by atoms with E-state index in [4.69, 9.17) is 24.9 Å². The lowest BCUT2D eigenvalue weighted by molar-refractivity contribution is 0.0530. The third-order valence-corrected chi connectivity index (χ3v) is 3.49. The van der Waals surface area contributed by atoms with Gasteiger partial charge in [-0.15, -0.1) is 0 Å². The van der Waals surface area contributed by atoms with E-state index in [-0.39, 0.29) is 13.2 Å². The molecule has 0 radical (unpaired) electrons. The number of methoxy groups -OCH3 is 1. The van der Waals surface area contributed by atoms with Crippen molar-refractivity contribution in [1.29, 1.82) is 0 Å². The number of rotatable bonds is 8. The van der Waals surface area contributed by atoms with Gasteiger partial charge >= 0.3 is 0 Å². The monoisotopic (exact) mass is 330 g/mol. The Hall–Kier alpha value is -0.960. The molecule has 0 atom stereocenters. The largest absolute Gasteiger partial charge is 0.485 e. The van der Waals surface area contributed by atoms with Crippen molar-refractivity contribution >= 4 is 19.7 Å². The zero-order chi connectivity index (χ0) is 15.2. The van der Waals surface area contributed by atoms with Crippen molar-refractivity contribution in [2.45, 2.75) is 4.90 Å². The lowest BCUT2D eigenvalue weighted by atomic mass is 10.3. The molecule has 0 heterocycles. The molecule has 5 nitrogen and oxygen atoms in total. The molecular weight excluding hydrogens is 318 g/mol. The lowest BCUT2D eigenvalue weighted by Gasteiger charge is -2.09. The molecule has 0 saturated carbocycles. The molecule has 1 aromatic carbocycles. The molecule has 0 N–H and O–H groups in total. The molecule has 0 spiro atoms. The van der Waals surface area contributed by atoms with Crippen LogP contribution in [-0.2, 0) is 18.5 Å². The van der Waals surface area contributed by atoms with Gasteiger partial charge in [-0.2, -0.15) is 0 Å². The smallest absolute Gasteiger partial charge is 0.261 e. The van der Waals surface area contributed by atoms with Crippen molar-refractivity contribution in [3.8, 4) is 5.75 Å². The highest BCUT2D eigenvalue weighted by Crippen LogP contribution is 2.27. The maximum atomic E-state index is 13.5. The normalized spacial score (nSPS) is 11.6. The molecule has 114 valence electrons. The van der Waals surface area contributed by atoms with Crippen LogP contribution in [0.15, 0.2) is 17.0 Å². The Morgan fingerprint density at radius 2 is 1.65 bits per heavy atom. The van der Waals surface area contributed by atoms with Crippen LogP contribution in [0, 0.1) is 11.6 Å². The summed E-state index contributed by atoms with van der Waals surface area (Å²) < 4.78 is 63.6. The van der Waals surface area contributed by atoms with Gasteiger partial charge in [-0.05, 0) is 12.1 Å². The van der Waals surface area contributed by atoms with E-state index < -0.39 is 31.3 Å². The molecule has 20 heavy (non-hydrogen) atoms. The van der Waals surface area contributed by atoms with Crippen LogP contribution in [0.25, 0.3) is 0 Å². The summed E-state index contributed by atoms with van der Waals surface area (Å²) in [5.74, 6) is -2.98. The standard InChI is InChI=1S/C11H13ClF2O5S/c1-17-2-3-18-4-5-19-11-9(13)6-8(7-10(11)14)20(12,15)16/h6-7H,2-5H2,1H3. The molecule has 0 aromatic heterocycles. The highest BCUT2D eigenvalue weighted by atomic mass is 35.7. The summed E-state index contributed by atoms with van der Waals surface area (Å²) in [5, 5.41) is 0. The summed E-state index contributed by atoms with van der Waals surface area (Å²) in [6.07, 6.45) is 0. The zero-order valence-corrected chi connectivity index (χ0v) is 12.1. The number of hydrogen-bond acceptors (Lipinski definition) is 5. The van der Waals surface area contributed by atoms with Crippen molar-refractivity contribution in [2.24, 2.45) is 0 Å². The number of benzene rings is 1. The molecule has 0 aliphatic carbocycles. The van der Waals surface area contributed by atoms with Gasteiger partial charge in [0.1, 0.15) is 6.61 Å². The summed E-state index contributed by atoms with van der Waals surface area (Å²) in [6, 6.07) is 1.18. The van der Waals surface area contributed by atoms with Crippen molar-refractivity contribution in [1.82, 2.24) is 0 Å². The Morgan fingerprint density at radius 3 is 2.15 bits per heavy atom. The summed E-state index contributed by atoms with van der Waals surface area (Å²) in [5.41, 5.74) is 0. The van der Waals surface area contributed by atoms with Gasteiger partial charge in [0.25, 0.3) is 9.05 Å².